The molecule has 2 atom stereocenters. The summed E-state index contributed by atoms with van der Waals surface area (Å²) in [5, 5.41) is 7.42. The molecule has 0 spiro atoms. The van der Waals surface area contributed by atoms with Gasteiger partial charge in [-0.3, -0.25) is 4.99 Å². The van der Waals surface area contributed by atoms with Crippen LogP contribution in [0.3, 0.4) is 0 Å². The Morgan fingerprint density at radius 3 is 2.75 bits per heavy atom. The van der Waals surface area contributed by atoms with Crippen molar-refractivity contribution in [3.8, 4) is 0 Å². The minimum Gasteiger partial charge on any atom is -0.357 e. The highest BCUT2D eigenvalue weighted by molar-refractivity contribution is 14.0. The van der Waals surface area contributed by atoms with Crippen molar-refractivity contribution in [1.82, 2.24) is 10.6 Å². The lowest BCUT2D eigenvalue weighted by atomic mass is 10.1. The molecular weight excluding hydrogens is 443 g/mol. The fourth-order valence-electron chi connectivity index (χ4n) is 2.81. The summed E-state index contributed by atoms with van der Waals surface area (Å²) in [5.74, 6) is -0.270. The van der Waals surface area contributed by atoms with Crippen molar-refractivity contribution < 1.29 is 8.78 Å². The predicted molar refractivity (Wildman–Crippen MR) is 110 cm³/mol. The highest BCUT2D eigenvalue weighted by Gasteiger charge is 2.24. The normalized spacial score (nSPS) is 20.6. The van der Waals surface area contributed by atoms with Gasteiger partial charge in [-0.05, 0) is 50.5 Å². The number of halogens is 3. The Bertz CT molecular complexity index is 543. The summed E-state index contributed by atoms with van der Waals surface area (Å²) in [6.07, 6.45) is 6.16. The van der Waals surface area contributed by atoms with Gasteiger partial charge in [0.1, 0.15) is 11.6 Å². The SMILES string of the molecule is CCNC(=NCCc1ccc(F)cc1F)NC1CCC(SC)C1.I. The number of rotatable bonds is 6. The molecule has 1 aliphatic rings. The van der Waals surface area contributed by atoms with Crippen LogP contribution in [0.25, 0.3) is 0 Å². The maximum absolute atomic E-state index is 13.6. The summed E-state index contributed by atoms with van der Waals surface area (Å²) >= 11 is 1.92. The number of hydrogen-bond donors (Lipinski definition) is 2. The van der Waals surface area contributed by atoms with E-state index < -0.39 is 11.6 Å². The van der Waals surface area contributed by atoms with E-state index in [4.69, 9.17) is 0 Å². The lowest BCUT2D eigenvalue weighted by Gasteiger charge is -2.17. The number of nitrogens with zero attached hydrogens (tertiary/aromatic N) is 1. The molecule has 136 valence electrons. The van der Waals surface area contributed by atoms with Crippen molar-refractivity contribution in [1.29, 1.82) is 0 Å². The molecule has 0 bridgehead atoms. The molecule has 0 aromatic heterocycles. The smallest absolute Gasteiger partial charge is 0.191 e. The zero-order valence-corrected chi connectivity index (χ0v) is 17.3. The van der Waals surface area contributed by atoms with E-state index in [2.05, 4.69) is 21.9 Å². The van der Waals surface area contributed by atoms with E-state index in [9.17, 15) is 8.78 Å². The highest BCUT2D eigenvalue weighted by atomic mass is 127. The maximum atomic E-state index is 13.6. The molecule has 0 aliphatic heterocycles. The van der Waals surface area contributed by atoms with Crippen LogP contribution in [0.1, 0.15) is 31.7 Å². The van der Waals surface area contributed by atoms with Gasteiger partial charge >= 0.3 is 0 Å². The molecule has 1 saturated carbocycles. The van der Waals surface area contributed by atoms with Crippen molar-refractivity contribution in [2.75, 3.05) is 19.3 Å². The van der Waals surface area contributed by atoms with E-state index >= 15 is 0 Å². The van der Waals surface area contributed by atoms with Gasteiger partial charge in [-0.2, -0.15) is 11.8 Å². The van der Waals surface area contributed by atoms with Crippen LogP contribution >= 0.6 is 35.7 Å². The molecule has 2 unspecified atom stereocenters. The van der Waals surface area contributed by atoms with Crippen LogP contribution in [0.5, 0.6) is 0 Å². The number of hydrogen-bond acceptors (Lipinski definition) is 2. The Morgan fingerprint density at radius 1 is 1.33 bits per heavy atom. The number of thioether (sulfide) groups is 1. The van der Waals surface area contributed by atoms with E-state index in [0.717, 1.165) is 36.7 Å². The van der Waals surface area contributed by atoms with Crippen molar-refractivity contribution in [2.45, 2.75) is 43.9 Å². The largest absolute Gasteiger partial charge is 0.357 e. The van der Waals surface area contributed by atoms with Gasteiger partial charge in [0.2, 0.25) is 0 Å². The molecule has 7 heteroatoms. The fraction of sp³-hybridized carbons (Fsp3) is 0.588. The van der Waals surface area contributed by atoms with Crippen LogP contribution in [0.15, 0.2) is 23.2 Å². The second kappa shape index (κ2) is 11.1. The molecule has 0 amide bonds. The first kappa shape index (κ1) is 21.5. The van der Waals surface area contributed by atoms with Crippen molar-refractivity contribution in [3.63, 3.8) is 0 Å². The van der Waals surface area contributed by atoms with Gasteiger partial charge in [-0.15, -0.1) is 24.0 Å². The van der Waals surface area contributed by atoms with E-state index in [0.29, 0.717) is 24.6 Å². The summed E-state index contributed by atoms with van der Waals surface area (Å²) < 4.78 is 26.5. The lowest BCUT2D eigenvalue weighted by Crippen LogP contribution is -2.42. The number of nitrogens with one attached hydrogen (secondary N) is 2. The van der Waals surface area contributed by atoms with Crippen LogP contribution in [0, 0.1) is 11.6 Å². The first-order valence-corrected chi connectivity index (χ1v) is 9.42. The summed E-state index contributed by atoms with van der Waals surface area (Å²) in [6, 6.07) is 4.14. The summed E-state index contributed by atoms with van der Waals surface area (Å²) in [6.45, 7) is 3.28. The minimum atomic E-state index is -0.547. The van der Waals surface area contributed by atoms with E-state index in [-0.39, 0.29) is 24.0 Å². The Balaban J connectivity index is 0.00000288. The quantitative estimate of drug-likeness (QED) is 0.376. The lowest BCUT2D eigenvalue weighted by molar-refractivity contribution is 0.571. The molecule has 1 aromatic rings. The summed E-state index contributed by atoms with van der Waals surface area (Å²) in [7, 11) is 0. The van der Waals surface area contributed by atoms with Crippen LogP contribution in [0.2, 0.25) is 0 Å². The van der Waals surface area contributed by atoms with Gasteiger partial charge in [0.15, 0.2) is 5.96 Å². The number of aliphatic imine (C=N–C) groups is 1. The maximum Gasteiger partial charge on any atom is 0.191 e. The van der Waals surface area contributed by atoms with Crippen molar-refractivity contribution >= 4 is 41.7 Å². The second-order valence-corrected chi connectivity index (χ2v) is 6.90. The molecule has 2 rings (SSSR count). The molecule has 1 aromatic carbocycles. The first-order valence-electron chi connectivity index (χ1n) is 8.14. The third-order valence-electron chi connectivity index (χ3n) is 4.07. The summed E-state index contributed by atoms with van der Waals surface area (Å²) in [5.41, 5.74) is 0.495. The average molecular weight is 469 g/mol. The van der Waals surface area contributed by atoms with Gasteiger partial charge in [0.25, 0.3) is 0 Å². The zero-order chi connectivity index (χ0) is 16.7. The molecule has 1 fully saturated rings. The predicted octanol–water partition coefficient (Wildman–Crippen LogP) is 3.96. The van der Waals surface area contributed by atoms with Gasteiger partial charge in [0.05, 0.1) is 0 Å². The Labute approximate surface area is 164 Å². The fourth-order valence-corrected chi connectivity index (χ4v) is 3.61. The molecule has 0 saturated heterocycles. The first-order chi connectivity index (χ1) is 11.1. The Morgan fingerprint density at radius 2 is 2.12 bits per heavy atom. The topological polar surface area (TPSA) is 36.4 Å². The van der Waals surface area contributed by atoms with Crippen LogP contribution < -0.4 is 10.6 Å². The molecule has 3 nitrogen and oxygen atoms in total. The van der Waals surface area contributed by atoms with Gasteiger partial charge in [-0.1, -0.05) is 6.07 Å². The summed E-state index contributed by atoms with van der Waals surface area (Å²) in [4.78, 5) is 4.51. The van der Waals surface area contributed by atoms with Crippen LogP contribution in [-0.4, -0.2) is 36.6 Å². The van der Waals surface area contributed by atoms with Crippen LogP contribution in [0.4, 0.5) is 8.78 Å². The number of benzene rings is 1. The van der Waals surface area contributed by atoms with Gasteiger partial charge in [-0.25, -0.2) is 8.78 Å². The van der Waals surface area contributed by atoms with Gasteiger partial charge in [0, 0.05) is 30.4 Å². The van der Waals surface area contributed by atoms with Gasteiger partial charge < -0.3 is 10.6 Å². The van der Waals surface area contributed by atoms with Crippen molar-refractivity contribution in [3.05, 3.63) is 35.4 Å². The highest BCUT2D eigenvalue weighted by Crippen LogP contribution is 2.28. The average Bonchev–Trinajstić information content (AvgIpc) is 2.97. The minimum absolute atomic E-state index is 0. The molecule has 0 radical (unpaired) electrons. The van der Waals surface area contributed by atoms with Crippen LogP contribution in [-0.2, 0) is 6.42 Å². The molecular formula is C17H26F2IN3S. The number of guanidine groups is 1. The standard InChI is InChI=1S/C17H25F2N3S.HI/c1-3-20-17(22-14-6-7-15(11-14)23-2)21-9-8-12-4-5-13(18)10-16(12)19;/h4-5,10,14-15H,3,6-9,11H2,1-2H3,(H2,20,21,22);1H. The Hall–Kier alpha value is -0.570. The molecule has 24 heavy (non-hydrogen) atoms. The third-order valence-corrected chi connectivity index (χ3v) is 5.16. The molecule has 1 aliphatic carbocycles. The van der Waals surface area contributed by atoms with E-state index in [1.807, 2.05) is 18.7 Å². The van der Waals surface area contributed by atoms with Crippen molar-refractivity contribution in [2.24, 2.45) is 4.99 Å². The van der Waals surface area contributed by atoms with E-state index in [1.54, 1.807) is 0 Å². The Kier molecular flexibility index (Phi) is 9.95. The third kappa shape index (κ3) is 6.74. The monoisotopic (exact) mass is 469 g/mol. The molecule has 0 heterocycles. The van der Waals surface area contributed by atoms with E-state index in [1.165, 1.54) is 18.6 Å². The zero-order valence-electron chi connectivity index (χ0n) is 14.1. The second-order valence-electron chi connectivity index (χ2n) is 5.76. The molecule has 2 N–H and O–H groups in total.